The van der Waals surface area contributed by atoms with Crippen LogP contribution >= 0.6 is 47.0 Å². The minimum Gasteiger partial charge on any atom is -0.459 e. The summed E-state index contributed by atoms with van der Waals surface area (Å²) in [5.41, 5.74) is 0. The first-order valence-corrected chi connectivity index (χ1v) is 7.96. The quantitative estimate of drug-likeness (QED) is 0.470. The fourth-order valence-electron chi connectivity index (χ4n) is 1.79. The number of carbonyl (C=O) groups excluding carboxylic acids is 1. The lowest BCUT2D eigenvalue weighted by Crippen LogP contribution is -2.59. The third-order valence-electron chi connectivity index (χ3n) is 2.91. The van der Waals surface area contributed by atoms with E-state index < -0.39 is 15.9 Å². The van der Waals surface area contributed by atoms with E-state index in [9.17, 15) is 4.79 Å². The maximum atomic E-state index is 12.0. The molecule has 6 nitrogen and oxygen atoms in total. The molecule has 0 spiro atoms. The second kappa shape index (κ2) is 7.70. The number of hydrogen-bond acceptors (Lipinski definition) is 4. The van der Waals surface area contributed by atoms with Crippen LogP contribution in [-0.4, -0.2) is 52.2 Å². The van der Waals surface area contributed by atoms with Crippen LogP contribution in [-0.2, 0) is 4.74 Å². The largest absolute Gasteiger partial charge is 0.459 e. The van der Waals surface area contributed by atoms with Gasteiger partial charge in [0.1, 0.15) is 6.17 Å². The number of ether oxygens (including phenoxy) is 1. The Hall–Kier alpha value is -0.730. The fourth-order valence-corrected chi connectivity index (χ4v) is 2.42. The van der Waals surface area contributed by atoms with Crippen LogP contribution in [0.3, 0.4) is 0 Å². The number of amides is 1. The third kappa shape index (κ3) is 4.89. The predicted octanol–water partition coefficient (Wildman–Crippen LogP) is 1.91. The van der Waals surface area contributed by atoms with Gasteiger partial charge in [0.2, 0.25) is 3.79 Å². The second-order valence-corrected chi connectivity index (χ2v) is 7.23. The molecule has 1 atom stereocenters. The monoisotopic (exact) mass is 385 g/mol. The number of halogens is 3. The predicted molar refractivity (Wildman–Crippen MR) is 88.4 cm³/mol. The van der Waals surface area contributed by atoms with Crippen molar-refractivity contribution in [3.63, 3.8) is 0 Å². The number of carbonyl (C=O) groups is 1. The number of thiocarbonyl (C=S) groups is 1. The highest BCUT2D eigenvalue weighted by Gasteiger charge is 2.36. The molecule has 0 aliphatic carbocycles. The lowest BCUT2D eigenvalue weighted by Gasteiger charge is -2.33. The van der Waals surface area contributed by atoms with Gasteiger partial charge in [0.15, 0.2) is 10.9 Å². The minimum atomic E-state index is -1.79. The molecule has 1 fully saturated rings. The standard InChI is InChI=1S/C12H14Cl3N3O3S/c13-12(14,15)10(16-9(19)8-2-1-5-21-8)17-11(22)18-3-6-20-7-4-18/h1-2,5,10H,3-4,6-7H2,(H,16,19)(H,17,22). The van der Waals surface area contributed by atoms with E-state index in [1.54, 1.807) is 6.07 Å². The van der Waals surface area contributed by atoms with E-state index in [0.717, 1.165) is 0 Å². The first-order chi connectivity index (χ1) is 10.4. The van der Waals surface area contributed by atoms with Gasteiger partial charge in [-0.25, -0.2) is 0 Å². The van der Waals surface area contributed by atoms with Crippen molar-refractivity contribution < 1.29 is 13.9 Å². The molecule has 22 heavy (non-hydrogen) atoms. The normalized spacial score (nSPS) is 17.0. The molecule has 1 aliphatic rings. The van der Waals surface area contributed by atoms with Gasteiger partial charge in [-0.05, 0) is 24.4 Å². The van der Waals surface area contributed by atoms with Crippen molar-refractivity contribution in [3.05, 3.63) is 24.2 Å². The van der Waals surface area contributed by atoms with Crippen molar-refractivity contribution in [3.8, 4) is 0 Å². The maximum absolute atomic E-state index is 12.0. The van der Waals surface area contributed by atoms with Crippen LogP contribution in [0.5, 0.6) is 0 Å². The van der Waals surface area contributed by atoms with Crippen LogP contribution < -0.4 is 10.6 Å². The summed E-state index contributed by atoms with van der Waals surface area (Å²) in [7, 11) is 0. The molecule has 1 amide bonds. The van der Waals surface area contributed by atoms with Crippen molar-refractivity contribution in [2.75, 3.05) is 26.3 Å². The van der Waals surface area contributed by atoms with Crippen LogP contribution in [0.4, 0.5) is 0 Å². The first-order valence-electron chi connectivity index (χ1n) is 6.42. The van der Waals surface area contributed by atoms with E-state index >= 15 is 0 Å². The minimum absolute atomic E-state index is 0.110. The molecule has 10 heteroatoms. The molecule has 2 N–H and O–H groups in total. The molecule has 0 radical (unpaired) electrons. The lowest BCUT2D eigenvalue weighted by molar-refractivity contribution is 0.0670. The van der Waals surface area contributed by atoms with Crippen molar-refractivity contribution in [2.45, 2.75) is 9.96 Å². The van der Waals surface area contributed by atoms with Gasteiger partial charge < -0.3 is 24.7 Å². The Kier molecular flexibility index (Phi) is 6.17. The van der Waals surface area contributed by atoms with Crippen molar-refractivity contribution in [2.24, 2.45) is 0 Å². The van der Waals surface area contributed by atoms with Gasteiger partial charge in [-0.15, -0.1) is 0 Å². The molecule has 1 aromatic heterocycles. The fraction of sp³-hybridized carbons (Fsp3) is 0.500. The Morgan fingerprint density at radius 2 is 2.00 bits per heavy atom. The van der Waals surface area contributed by atoms with E-state index in [1.807, 2.05) is 4.90 Å². The van der Waals surface area contributed by atoms with Gasteiger partial charge in [0, 0.05) is 13.1 Å². The van der Waals surface area contributed by atoms with E-state index in [4.69, 9.17) is 56.2 Å². The second-order valence-electron chi connectivity index (χ2n) is 4.47. The number of nitrogens with one attached hydrogen (secondary N) is 2. The van der Waals surface area contributed by atoms with E-state index in [1.165, 1.54) is 12.3 Å². The summed E-state index contributed by atoms with van der Waals surface area (Å²) < 4.78 is 8.45. The first kappa shape index (κ1) is 17.6. The lowest BCUT2D eigenvalue weighted by atomic mass is 10.4. The number of rotatable bonds is 3. The van der Waals surface area contributed by atoms with Crippen LogP contribution in [0.1, 0.15) is 10.6 Å². The van der Waals surface area contributed by atoms with Crippen molar-refractivity contribution in [1.29, 1.82) is 0 Å². The Bertz CT molecular complexity index is 515. The number of nitrogens with zero attached hydrogens (tertiary/aromatic N) is 1. The number of morpholine rings is 1. The SMILES string of the molecule is O=C(NC(NC(=S)N1CCOCC1)C(Cl)(Cl)Cl)c1ccco1. The molecule has 0 aromatic carbocycles. The van der Waals surface area contributed by atoms with Crippen LogP contribution in [0, 0.1) is 0 Å². The van der Waals surface area contributed by atoms with E-state index in [-0.39, 0.29) is 5.76 Å². The molecule has 1 saturated heterocycles. The molecular weight excluding hydrogens is 373 g/mol. The van der Waals surface area contributed by atoms with Crippen molar-refractivity contribution >= 4 is 58.0 Å². The maximum Gasteiger partial charge on any atom is 0.288 e. The average molecular weight is 387 g/mol. The third-order valence-corrected chi connectivity index (χ3v) is 3.94. The zero-order valence-corrected chi connectivity index (χ0v) is 14.4. The topological polar surface area (TPSA) is 66.7 Å². The summed E-state index contributed by atoms with van der Waals surface area (Å²) in [4.78, 5) is 13.9. The average Bonchev–Trinajstić information content (AvgIpc) is 3.00. The molecule has 0 bridgehead atoms. The zero-order valence-electron chi connectivity index (χ0n) is 11.4. The number of furan rings is 1. The van der Waals surface area contributed by atoms with Gasteiger partial charge >= 0.3 is 0 Å². The summed E-state index contributed by atoms with van der Waals surface area (Å²) in [6.45, 7) is 2.40. The Balaban J connectivity index is 2.00. The molecule has 1 unspecified atom stereocenters. The summed E-state index contributed by atoms with van der Waals surface area (Å²) in [6.07, 6.45) is 0.371. The highest BCUT2D eigenvalue weighted by molar-refractivity contribution is 7.80. The van der Waals surface area contributed by atoms with Gasteiger partial charge in [-0.1, -0.05) is 34.8 Å². The van der Waals surface area contributed by atoms with E-state index in [2.05, 4.69) is 10.6 Å². The molecule has 0 saturated carbocycles. The van der Waals surface area contributed by atoms with Crippen molar-refractivity contribution in [1.82, 2.24) is 15.5 Å². The molecule has 122 valence electrons. The van der Waals surface area contributed by atoms with Gasteiger partial charge in [0.25, 0.3) is 5.91 Å². The Morgan fingerprint density at radius 3 is 2.55 bits per heavy atom. The van der Waals surface area contributed by atoms with Crippen LogP contribution in [0.25, 0.3) is 0 Å². The highest BCUT2D eigenvalue weighted by atomic mass is 35.6. The molecule has 2 rings (SSSR count). The Labute approximate surface area is 148 Å². The van der Waals surface area contributed by atoms with Crippen LogP contribution in [0.2, 0.25) is 0 Å². The molecule has 1 aromatic rings. The zero-order chi connectivity index (χ0) is 16.2. The number of alkyl halides is 3. The summed E-state index contributed by atoms with van der Waals surface area (Å²) in [6, 6.07) is 3.09. The molecule has 1 aliphatic heterocycles. The smallest absolute Gasteiger partial charge is 0.288 e. The molecular formula is C12H14Cl3N3O3S. The van der Waals surface area contributed by atoms with Gasteiger partial charge in [0.05, 0.1) is 19.5 Å². The Morgan fingerprint density at radius 1 is 1.32 bits per heavy atom. The highest BCUT2D eigenvalue weighted by Crippen LogP contribution is 2.29. The van der Waals surface area contributed by atoms with E-state index in [0.29, 0.717) is 31.4 Å². The van der Waals surface area contributed by atoms with Gasteiger partial charge in [-0.3, -0.25) is 4.79 Å². The number of hydrogen-bond donors (Lipinski definition) is 2. The molecule has 2 heterocycles. The van der Waals surface area contributed by atoms with Crippen LogP contribution in [0.15, 0.2) is 22.8 Å². The van der Waals surface area contributed by atoms with Gasteiger partial charge in [-0.2, -0.15) is 0 Å². The summed E-state index contributed by atoms with van der Waals surface area (Å²) in [5, 5.41) is 5.77. The summed E-state index contributed by atoms with van der Waals surface area (Å²) >= 11 is 23.0. The summed E-state index contributed by atoms with van der Waals surface area (Å²) in [5.74, 6) is -0.406.